The number of rotatable bonds is 5. The van der Waals surface area contributed by atoms with Crippen LogP contribution in [0.4, 0.5) is 5.69 Å². The first-order valence-corrected chi connectivity index (χ1v) is 9.39. The van der Waals surface area contributed by atoms with Gasteiger partial charge in [-0.1, -0.05) is 25.1 Å². The van der Waals surface area contributed by atoms with Crippen molar-refractivity contribution in [2.45, 2.75) is 25.3 Å². The van der Waals surface area contributed by atoms with Gasteiger partial charge in [0.05, 0.1) is 21.5 Å². The van der Waals surface area contributed by atoms with Crippen LogP contribution < -0.4 is 5.36 Å². The molecule has 0 amide bonds. The molecule has 2 N–H and O–H groups in total. The van der Waals surface area contributed by atoms with E-state index in [0.29, 0.717) is 23.0 Å². The number of carbonyl (C=O) groups is 1. The summed E-state index contributed by atoms with van der Waals surface area (Å²) in [7, 11) is 0. The minimum absolute atomic E-state index is 0.110. The van der Waals surface area contributed by atoms with E-state index in [1.54, 1.807) is 24.0 Å². The Bertz CT molecular complexity index is 1030. The highest BCUT2D eigenvalue weighted by Crippen LogP contribution is 2.32. The Morgan fingerprint density at radius 1 is 1.19 bits per heavy atom. The van der Waals surface area contributed by atoms with Crippen molar-refractivity contribution in [2.24, 2.45) is 4.99 Å². The molecule has 2 aromatic carbocycles. The van der Waals surface area contributed by atoms with Gasteiger partial charge in [0, 0.05) is 18.1 Å². The largest absolute Gasteiger partial charge is 0.507 e. The number of aromatic carboxylic acids is 1. The van der Waals surface area contributed by atoms with Gasteiger partial charge in [0.25, 0.3) is 0 Å². The van der Waals surface area contributed by atoms with E-state index in [2.05, 4.69) is 4.99 Å². The van der Waals surface area contributed by atoms with Gasteiger partial charge in [0.1, 0.15) is 11.3 Å². The lowest BCUT2D eigenvalue weighted by atomic mass is 10.1. The Labute approximate surface area is 155 Å². The molecule has 0 radical (unpaired) electrons. The predicted octanol–water partition coefficient (Wildman–Crippen LogP) is 4.41. The predicted molar refractivity (Wildman–Crippen MR) is 104 cm³/mol. The third-order valence-corrected chi connectivity index (χ3v) is 4.98. The maximum Gasteiger partial charge on any atom is 0.339 e. The number of phenolic OH excluding ortho intramolecular Hbond substituents is 1. The normalized spacial score (nSPS) is 11.8. The molecule has 3 rings (SSSR count). The number of pyridine rings is 1. The summed E-state index contributed by atoms with van der Waals surface area (Å²) in [5.74, 6) is -0.0750. The first kappa shape index (κ1) is 18.1. The van der Waals surface area contributed by atoms with Crippen LogP contribution in [0.3, 0.4) is 0 Å². The fraction of sp³-hybridized carbons (Fsp3) is 0.200. The van der Waals surface area contributed by atoms with Gasteiger partial charge in [0.15, 0.2) is 0 Å². The standard InChI is InChI=1S/C20H20N2O3S/c1-3-22-12-15(20(24)25)19(21-13-8-6-5-7-9-13)14-10-17(23)18(26-4-2)11-16(14)22/h5-12,23H,3-4H2,1-2H3,(H,24,25). The van der Waals surface area contributed by atoms with Gasteiger partial charge in [-0.2, -0.15) is 0 Å². The summed E-state index contributed by atoms with van der Waals surface area (Å²) in [5.41, 5.74) is 1.62. The van der Waals surface area contributed by atoms with Crippen LogP contribution in [-0.4, -0.2) is 26.5 Å². The number of hydrogen-bond acceptors (Lipinski definition) is 4. The van der Waals surface area contributed by atoms with Crippen molar-refractivity contribution in [3.05, 3.63) is 59.6 Å². The Balaban J connectivity index is 2.44. The molecule has 0 unspecified atom stereocenters. The quantitative estimate of drug-likeness (QED) is 0.654. The van der Waals surface area contributed by atoms with Gasteiger partial charge >= 0.3 is 5.97 Å². The number of fused-ring (bicyclic) bond motifs is 1. The molecule has 3 aromatic rings. The van der Waals surface area contributed by atoms with E-state index < -0.39 is 5.97 Å². The summed E-state index contributed by atoms with van der Waals surface area (Å²) in [6.07, 6.45) is 1.61. The lowest BCUT2D eigenvalue weighted by Crippen LogP contribution is -2.20. The summed E-state index contributed by atoms with van der Waals surface area (Å²) in [6.45, 7) is 4.59. The molecule has 0 aliphatic rings. The highest BCUT2D eigenvalue weighted by Gasteiger charge is 2.15. The summed E-state index contributed by atoms with van der Waals surface area (Å²) < 4.78 is 1.88. The molecule has 0 saturated heterocycles. The topological polar surface area (TPSA) is 74.8 Å². The van der Waals surface area contributed by atoms with Gasteiger partial charge in [-0.25, -0.2) is 9.79 Å². The van der Waals surface area contributed by atoms with Crippen molar-refractivity contribution in [1.29, 1.82) is 0 Å². The van der Waals surface area contributed by atoms with Crippen LogP contribution in [-0.2, 0) is 6.54 Å². The maximum absolute atomic E-state index is 11.8. The van der Waals surface area contributed by atoms with E-state index in [1.165, 1.54) is 0 Å². The van der Waals surface area contributed by atoms with Gasteiger partial charge in [-0.05, 0) is 36.9 Å². The summed E-state index contributed by atoms with van der Waals surface area (Å²) >= 11 is 1.55. The Hall–Kier alpha value is -2.73. The average Bonchev–Trinajstić information content (AvgIpc) is 2.63. The minimum Gasteiger partial charge on any atom is -0.507 e. The molecule has 0 aliphatic carbocycles. The number of thioether (sulfide) groups is 1. The molecule has 5 nitrogen and oxygen atoms in total. The molecule has 0 atom stereocenters. The second-order valence-electron chi connectivity index (χ2n) is 5.70. The molecular weight excluding hydrogens is 348 g/mol. The number of carboxylic acid groups (broad SMARTS) is 1. The second-order valence-corrected chi connectivity index (χ2v) is 7.01. The molecule has 26 heavy (non-hydrogen) atoms. The Kier molecular flexibility index (Phi) is 5.32. The van der Waals surface area contributed by atoms with E-state index in [1.807, 2.05) is 54.8 Å². The van der Waals surface area contributed by atoms with E-state index in [-0.39, 0.29) is 11.3 Å². The monoisotopic (exact) mass is 368 g/mol. The Morgan fingerprint density at radius 3 is 2.54 bits per heavy atom. The molecule has 6 heteroatoms. The SMILES string of the molecule is CCSc1cc2c(cc1O)c(=Nc1ccccc1)c(C(=O)O)cn2CC. The summed E-state index contributed by atoms with van der Waals surface area (Å²) in [4.78, 5) is 17.2. The number of aryl methyl sites for hydroxylation is 1. The van der Waals surface area contributed by atoms with Crippen molar-refractivity contribution in [3.8, 4) is 5.75 Å². The van der Waals surface area contributed by atoms with Crippen molar-refractivity contribution in [3.63, 3.8) is 0 Å². The van der Waals surface area contributed by atoms with Gasteiger partial charge in [-0.15, -0.1) is 11.8 Å². The van der Waals surface area contributed by atoms with Crippen molar-refractivity contribution in [2.75, 3.05) is 5.75 Å². The number of benzene rings is 2. The lowest BCUT2D eigenvalue weighted by Gasteiger charge is -2.14. The van der Waals surface area contributed by atoms with E-state index in [4.69, 9.17) is 0 Å². The van der Waals surface area contributed by atoms with Gasteiger partial charge in [-0.3, -0.25) is 0 Å². The third-order valence-electron chi connectivity index (χ3n) is 4.05. The maximum atomic E-state index is 11.8. The molecule has 0 saturated carbocycles. The summed E-state index contributed by atoms with van der Waals surface area (Å²) in [6, 6.07) is 12.7. The smallest absolute Gasteiger partial charge is 0.339 e. The van der Waals surface area contributed by atoms with Crippen molar-refractivity contribution >= 4 is 34.3 Å². The van der Waals surface area contributed by atoms with E-state index in [0.717, 1.165) is 16.2 Å². The number of hydrogen-bond donors (Lipinski definition) is 2. The van der Waals surface area contributed by atoms with Crippen LogP contribution >= 0.6 is 11.8 Å². The van der Waals surface area contributed by atoms with Crippen molar-refractivity contribution in [1.82, 2.24) is 4.57 Å². The third kappa shape index (κ3) is 3.46. The Morgan fingerprint density at radius 2 is 1.92 bits per heavy atom. The molecular formula is C20H20N2O3S. The zero-order valence-electron chi connectivity index (χ0n) is 14.6. The molecule has 1 heterocycles. The van der Waals surface area contributed by atoms with Crippen LogP contribution in [0.5, 0.6) is 5.75 Å². The summed E-state index contributed by atoms with van der Waals surface area (Å²) in [5, 5.41) is 21.1. The second kappa shape index (κ2) is 7.66. The number of phenols is 1. The molecule has 134 valence electrons. The average molecular weight is 368 g/mol. The van der Waals surface area contributed by atoms with Crippen LogP contribution in [0, 0.1) is 0 Å². The highest BCUT2D eigenvalue weighted by molar-refractivity contribution is 7.99. The molecule has 1 aromatic heterocycles. The molecule has 0 spiro atoms. The molecule has 0 bridgehead atoms. The number of aromatic hydroxyl groups is 1. The number of para-hydroxylation sites is 1. The van der Waals surface area contributed by atoms with Crippen LogP contribution in [0.15, 0.2) is 58.5 Å². The van der Waals surface area contributed by atoms with Crippen molar-refractivity contribution < 1.29 is 15.0 Å². The van der Waals surface area contributed by atoms with Crippen LogP contribution in [0.25, 0.3) is 10.9 Å². The zero-order chi connectivity index (χ0) is 18.7. The van der Waals surface area contributed by atoms with E-state index >= 15 is 0 Å². The number of nitrogens with zero attached hydrogens (tertiary/aromatic N) is 2. The lowest BCUT2D eigenvalue weighted by molar-refractivity contribution is 0.0694. The van der Waals surface area contributed by atoms with Crippen LogP contribution in [0.1, 0.15) is 24.2 Å². The van der Waals surface area contributed by atoms with E-state index in [9.17, 15) is 15.0 Å². The molecule has 0 fully saturated rings. The fourth-order valence-corrected chi connectivity index (χ4v) is 3.57. The van der Waals surface area contributed by atoms with Gasteiger partial charge < -0.3 is 14.8 Å². The zero-order valence-corrected chi connectivity index (χ0v) is 15.5. The van der Waals surface area contributed by atoms with Gasteiger partial charge in [0.2, 0.25) is 0 Å². The fourth-order valence-electron chi connectivity index (χ4n) is 2.86. The highest BCUT2D eigenvalue weighted by atomic mass is 32.2. The van der Waals surface area contributed by atoms with Crippen LogP contribution in [0.2, 0.25) is 0 Å². The minimum atomic E-state index is -1.05. The molecule has 0 aliphatic heterocycles. The first-order valence-electron chi connectivity index (χ1n) is 8.41. The number of carboxylic acids is 1. The number of aromatic nitrogens is 1. The first-order chi connectivity index (χ1) is 12.5.